The number of carbonyl (C=O) groups is 4. The maximum absolute atomic E-state index is 13.7. The molecule has 4 rings (SSSR count). The molecular weight excluding hydrogens is 510 g/mol. The second-order valence-electron chi connectivity index (χ2n) is 10.5. The zero-order chi connectivity index (χ0) is 27.4. The Kier molecular flexibility index (Phi) is 8.54. The standard InChI is InChI=1S/C27H35N3O7S/c1-38(36,37)19-12-13-20-21(15-28-22(20)14-19)25(33)27(35)30(16-23(31)32)24(17-8-4-2-5-9-17)26(34)29-18-10-6-3-7-11-18/h12-15,17-18,24,28H,2-11,16H2,1H3,(H,29,34)(H,31,32). The molecule has 1 atom stereocenters. The van der Waals surface area contributed by atoms with E-state index in [0.717, 1.165) is 62.5 Å². The number of fused-ring (bicyclic) bond motifs is 1. The highest BCUT2D eigenvalue weighted by atomic mass is 32.2. The molecule has 11 heteroatoms. The maximum atomic E-state index is 13.7. The molecule has 2 aliphatic rings. The average Bonchev–Trinajstić information content (AvgIpc) is 3.31. The quantitative estimate of drug-likeness (QED) is 0.323. The number of Topliss-reactive ketones (excluding diaryl/α,β-unsaturated/α-hetero) is 1. The van der Waals surface area contributed by atoms with Crippen LogP contribution in [0.1, 0.15) is 74.6 Å². The van der Waals surface area contributed by atoms with Gasteiger partial charge in [-0.3, -0.25) is 19.2 Å². The van der Waals surface area contributed by atoms with Crippen LogP contribution >= 0.6 is 0 Å². The van der Waals surface area contributed by atoms with Crippen LogP contribution in [0.5, 0.6) is 0 Å². The summed E-state index contributed by atoms with van der Waals surface area (Å²) in [7, 11) is -3.48. The lowest BCUT2D eigenvalue weighted by atomic mass is 9.82. The highest BCUT2D eigenvalue weighted by Crippen LogP contribution is 2.31. The second kappa shape index (κ2) is 11.7. The van der Waals surface area contributed by atoms with Gasteiger partial charge in [0.05, 0.1) is 10.5 Å². The summed E-state index contributed by atoms with van der Waals surface area (Å²) in [5, 5.41) is 13.1. The number of amides is 2. The first kappa shape index (κ1) is 27.8. The number of aliphatic carboxylic acids is 1. The van der Waals surface area contributed by atoms with Gasteiger partial charge < -0.3 is 20.3 Å². The summed E-state index contributed by atoms with van der Waals surface area (Å²) in [5.41, 5.74) is 0.350. The third kappa shape index (κ3) is 6.25. The van der Waals surface area contributed by atoms with Gasteiger partial charge in [-0.05, 0) is 43.7 Å². The van der Waals surface area contributed by atoms with Crippen molar-refractivity contribution < 1.29 is 32.7 Å². The van der Waals surface area contributed by atoms with Crippen LogP contribution in [0.25, 0.3) is 10.9 Å². The molecule has 0 aliphatic heterocycles. The number of carbonyl (C=O) groups excluding carboxylic acids is 3. The molecule has 0 bridgehead atoms. The average molecular weight is 546 g/mol. The van der Waals surface area contributed by atoms with Crippen LogP contribution in [0.2, 0.25) is 0 Å². The Morgan fingerprint density at radius 1 is 1.03 bits per heavy atom. The molecule has 1 aromatic carbocycles. The fourth-order valence-electron chi connectivity index (χ4n) is 5.81. The van der Waals surface area contributed by atoms with Crippen LogP contribution in [0, 0.1) is 5.92 Å². The van der Waals surface area contributed by atoms with Crippen LogP contribution in [0.15, 0.2) is 29.3 Å². The molecule has 2 aliphatic carbocycles. The molecule has 2 fully saturated rings. The van der Waals surface area contributed by atoms with Gasteiger partial charge in [-0.2, -0.15) is 0 Å². The second-order valence-corrected chi connectivity index (χ2v) is 12.5. The van der Waals surface area contributed by atoms with Crippen molar-refractivity contribution in [2.24, 2.45) is 5.92 Å². The predicted octanol–water partition coefficient (Wildman–Crippen LogP) is 3.07. The Morgan fingerprint density at radius 3 is 2.26 bits per heavy atom. The van der Waals surface area contributed by atoms with E-state index in [0.29, 0.717) is 23.7 Å². The molecule has 1 heterocycles. The van der Waals surface area contributed by atoms with Crippen LogP contribution in [-0.4, -0.2) is 71.9 Å². The molecule has 0 radical (unpaired) electrons. The predicted molar refractivity (Wildman–Crippen MR) is 140 cm³/mol. The van der Waals surface area contributed by atoms with Gasteiger partial charge in [-0.15, -0.1) is 0 Å². The summed E-state index contributed by atoms with van der Waals surface area (Å²) in [6.45, 7) is -0.773. The third-order valence-electron chi connectivity index (χ3n) is 7.74. The molecule has 38 heavy (non-hydrogen) atoms. The number of sulfone groups is 1. The van der Waals surface area contributed by atoms with Gasteiger partial charge in [-0.1, -0.05) is 44.6 Å². The largest absolute Gasteiger partial charge is 0.480 e. The van der Waals surface area contributed by atoms with Gasteiger partial charge in [0.2, 0.25) is 5.91 Å². The molecule has 10 nitrogen and oxygen atoms in total. The Morgan fingerprint density at radius 2 is 1.66 bits per heavy atom. The first-order valence-electron chi connectivity index (χ1n) is 13.2. The van der Waals surface area contributed by atoms with E-state index >= 15 is 0 Å². The van der Waals surface area contributed by atoms with E-state index in [-0.39, 0.29) is 22.4 Å². The number of rotatable bonds is 9. The van der Waals surface area contributed by atoms with Crippen molar-refractivity contribution in [1.82, 2.24) is 15.2 Å². The number of aromatic amines is 1. The minimum Gasteiger partial charge on any atom is -0.480 e. The van der Waals surface area contributed by atoms with E-state index < -0.39 is 46.0 Å². The molecule has 2 saturated carbocycles. The first-order valence-corrected chi connectivity index (χ1v) is 15.1. The SMILES string of the molecule is CS(=O)(=O)c1ccc2c(C(=O)C(=O)N(CC(=O)O)C(C(=O)NC3CCCCC3)C3CCCCC3)c[nH]c2c1. The lowest BCUT2D eigenvalue weighted by molar-refractivity contribution is -0.148. The van der Waals surface area contributed by atoms with Gasteiger partial charge in [0.25, 0.3) is 11.7 Å². The number of carboxylic acid groups (broad SMARTS) is 1. The van der Waals surface area contributed by atoms with Crippen LogP contribution in [0.3, 0.4) is 0 Å². The van der Waals surface area contributed by atoms with Crippen molar-refractivity contribution in [3.05, 3.63) is 30.0 Å². The van der Waals surface area contributed by atoms with Crippen molar-refractivity contribution in [3.8, 4) is 0 Å². The van der Waals surface area contributed by atoms with Gasteiger partial charge in [0.15, 0.2) is 9.84 Å². The zero-order valence-electron chi connectivity index (χ0n) is 21.6. The van der Waals surface area contributed by atoms with Gasteiger partial charge in [0, 0.05) is 29.4 Å². The van der Waals surface area contributed by atoms with E-state index in [2.05, 4.69) is 10.3 Å². The fraction of sp³-hybridized carbons (Fsp3) is 0.556. The molecule has 0 spiro atoms. The van der Waals surface area contributed by atoms with Crippen LogP contribution < -0.4 is 5.32 Å². The summed E-state index contributed by atoms with van der Waals surface area (Å²) >= 11 is 0. The molecule has 1 aromatic heterocycles. The van der Waals surface area contributed by atoms with Gasteiger partial charge >= 0.3 is 5.97 Å². The van der Waals surface area contributed by atoms with Crippen molar-refractivity contribution in [1.29, 1.82) is 0 Å². The number of ketones is 1. The number of H-pyrrole nitrogens is 1. The van der Waals surface area contributed by atoms with E-state index in [1.165, 1.54) is 24.4 Å². The molecule has 2 amide bonds. The Labute approximate surface area is 222 Å². The lowest BCUT2D eigenvalue weighted by Gasteiger charge is -2.38. The smallest absolute Gasteiger partial charge is 0.323 e. The van der Waals surface area contributed by atoms with E-state index in [1.807, 2.05) is 0 Å². The molecule has 1 unspecified atom stereocenters. The van der Waals surface area contributed by atoms with Gasteiger partial charge in [0.1, 0.15) is 12.6 Å². The Hall–Kier alpha value is -3.21. The van der Waals surface area contributed by atoms with E-state index in [9.17, 15) is 32.7 Å². The number of benzene rings is 1. The van der Waals surface area contributed by atoms with Crippen molar-refractivity contribution in [2.45, 2.75) is 81.2 Å². The first-order chi connectivity index (χ1) is 18.1. The number of hydrogen-bond acceptors (Lipinski definition) is 6. The van der Waals surface area contributed by atoms with E-state index in [1.54, 1.807) is 0 Å². The molecular formula is C27H35N3O7S. The maximum Gasteiger partial charge on any atom is 0.323 e. The summed E-state index contributed by atoms with van der Waals surface area (Å²) in [6, 6.07) is 3.08. The fourth-order valence-corrected chi connectivity index (χ4v) is 6.45. The summed E-state index contributed by atoms with van der Waals surface area (Å²) < 4.78 is 23.8. The normalized spacial score (nSPS) is 18.1. The molecule has 3 N–H and O–H groups in total. The van der Waals surface area contributed by atoms with Gasteiger partial charge in [-0.25, -0.2) is 8.42 Å². The van der Waals surface area contributed by atoms with E-state index in [4.69, 9.17) is 0 Å². The van der Waals surface area contributed by atoms with Crippen LogP contribution in [0.4, 0.5) is 0 Å². The minimum atomic E-state index is -3.48. The highest BCUT2D eigenvalue weighted by Gasteiger charge is 2.41. The number of carboxylic acids is 1. The topological polar surface area (TPSA) is 154 Å². The van der Waals surface area contributed by atoms with Crippen LogP contribution in [-0.2, 0) is 24.2 Å². The Bertz CT molecular complexity index is 1320. The summed E-state index contributed by atoms with van der Waals surface area (Å²) in [4.78, 5) is 56.4. The molecule has 0 saturated heterocycles. The minimum absolute atomic E-state index is 0.00415. The van der Waals surface area contributed by atoms with Crippen molar-refractivity contribution in [3.63, 3.8) is 0 Å². The lowest BCUT2D eigenvalue weighted by Crippen LogP contribution is -2.58. The summed E-state index contributed by atoms with van der Waals surface area (Å²) in [6.07, 6.45) is 11.2. The number of aromatic nitrogens is 1. The highest BCUT2D eigenvalue weighted by molar-refractivity contribution is 7.90. The number of nitrogens with zero attached hydrogens (tertiary/aromatic N) is 1. The van der Waals surface area contributed by atoms with Crippen molar-refractivity contribution in [2.75, 3.05) is 12.8 Å². The molecule has 2 aromatic rings. The number of hydrogen-bond donors (Lipinski definition) is 3. The number of nitrogens with one attached hydrogen (secondary N) is 2. The third-order valence-corrected chi connectivity index (χ3v) is 8.85. The zero-order valence-corrected chi connectivity index (χ0v) is 22.4. The molecule has 206 valence electrons. The summed E-state index contributed by atoms with van der Waals surface area (Å²) in [5.74, 6) is -3.97. The Balaban J connectivity index is 1.66. The van der Waals surface area contributed by atoms with Crippen molar-refractivity contribution >= 4 is 44.3 Å². The monoisotopic (exact) mass is 545 g/mol.